The first-order chi connectivity index (χ1) is 8.45. The molecule has 5 nitrogen and oxygen atoms in total. The van der Waals surface area contributed by atoms with Crippen LogP contribution in [-0.4, -0.2) is 17.4 Å². The number of halogens is 1. The molecule has 0 aliphatic carbocycles. The van der Waals surface area contributed by atoms with Gasteiger partial charge in [-0.15, -0.1) is 12.4 Å². The van der Waals surface area contributed by atoms with Gasteiger partial charge < -0.3 is 16.8 Å². The van der Waals surface area contributed by atoms with Crippen molar-refractivity contribution in [3.63, 3.8) is 0 Å². The summed E-state index contributed by atoms with van der Waals surface area (Å²) in [6, 6.07) is 6.58. The van der Waals surface area contributed by atoms with Crippen molar-refractivity contribution in [2.45, 2.75) is 32.2 Å². The molecule has 2 amide bonds. The fraction of sp³-hybridized carbons (Fsp3) is 0.385. The molecule has 0 aromatic heterocycles. The lowest BCUT2D eigenvalue weighted by atomic mass is 9.91. The molecule has 0 spiro atoms. The molecule has 6 heteroatoms. The number of hydrogen-bond donors (Lipinski definition) is 3. The van der Waals surface area contributed by atoms with E-state index >= 15 is 0 Å². The lowest BCUT2D eigenvalue weighted by Crippen LogP contribution is -2.56. The topological polar surface area (TPSA) is 98.2 Å². The van der Waals surface area contributed by atoms with Crippen molar-refractivity contribution in [3.8, 4) is 0 Å². The average Bonchev–Trinajstić information content (AvgIpc) is 2.35. The van der Waals surface area contributed by atoms with Crippen molar-refractivity contribution in [2.75, 3.05) is 5.73 Å². The molecule has 0 heterocycles. The quantitative estimate of drug-likeness (QED) is 0.714. The van der Waals surface area contributed by atoms with Crippen LogP contribution in [0.25, 0.3) is 0 Å². The van der Waals surface area contributed by atoms with Crippen molar-refractivity contribution in [2.24, 2.45) is 5.73 Å². The number of nitrogen functional groups attached to an aromatic ring is 1. The van der Waals surface area contributed by atoms with Gasteiger partial charge in [-0.2, -0.15) is 0 Å². The van der Waals surface area contributed by atoms with Crippen molar-refractivity contribution < 1.29 is 9.59 Å². The molecule has 0 saturated heterocycles. The monoisotopic (exact) mass is 285 g/mol. The SMILES string of the molecule is CCC(CC)(NC(=O)c1cccc(N)c1)C(N)=O.Cl. The predicted molar refractivity (Wildman–Crippen MR) is 78.1 cm³/mol. The van der Waals surface area contributed by atoms with Crippen LogP contribution in [0.3, 0.4) is 0 Å². The molecule has 1 aromatic carbocycles. The molecule has 0 bridgehead atoms. The summed E-state index contributed by atoms with van der Waals surface area (Å²) >= 11 is 0. The highest BCUT2D eigenvalue weighted by Crippen LogP contribution is 2.16. The van der Waals surface area contributed by atoms with Crippen LogP contribution in [0.15, 0.2) is 24.3 Å². The van der Waals surface area contributed by atoms with Gasteiger partial charge in [0.1, 0.15) is 5.54 Å². The Balaban J connectivity index is 0.00000324. The largest absolute Gasteiger partial charge is 0.399 e. The van der Waals surface area contributed by atoms with E-state index in [2.05, 4.69) is 5.32 Å². The average molecular weight is 286 g/mol. The molecule has 0 atom stereocenters. The molecule has 0 aliphatic rings. The van der Waals surface area contributed by atoms with E-state index in [1.807, 2.05) is 13.8 Å². The van der Waals surface area contributed by atoms with E-state index in [1.54, 1.807) is 24.3 Å². The summed E-state index contributed by atoms with van der Waals surface area (Å²) in [5.74, 6) is -0.866. The van der Waals surface area contributed by atoms with E-state index in [0.29, 0.717) is 24.1 Å². The Bertz CT molecular complexity index is 459. The third kappa shape index (κ3) is 3.86. The first-order valence-electron chi connectivity index (χ1n) is 5.93. The Kier molecular flexibility index (Phi) is 6.35. The van der Waals surface area contributed by atoms with Crippen molar-refractivity contribution in [1.82, 2.24) is 5.32 Å². The minimum absolute atomic E-state index is 0. The maximum Gasteiger partial charge on any atom is 0.252 e. The third-order valence-corrected chi connectivity index (χ3v) is 3.18. The lowest BCUT2D eigenvalue weighted by molar-refractivity contribution is -0.124. The summed E-state index contributed by atoms with van der Waals surface area (Å²) in [5.41, 5.74) is 10.9. The zero-order chi connectivity index (χ0) is 13.8. The molecule has 1 aromatic rings. The second-order valence-corrected chi connectivity index (χ2v) is 4.23. The smallest absolute Gasteiger partial charge is 0.252 e. The normalized spacial score (nSPS) is 10.4. The molecule has 0 radical (unpaired) electrons. The van der Waals surface area contributed by atoms with Crippen molar-refractivity contribution in [1.29, 1.82) is 0 Å². The number of amides is 2. The molecule has 106 valence electrons. The van der Waals surface area contributed by atoms with E-state index in [0.717, 1.165) is 0 Å². The molecular weight excluding hydrogens is 266 g/mol. The number of nitrogens with two attached hydrogens (primary N) is 2. The van der Waals surface area contributed by atoms with Crippen LogP contribution in [0.4, 0.5) is 5.69 Å². The van der Waals surface area contributed by atoms with Gasteiger partial charge in [-0.05, 0) is 31.0 Å². The first-order valence-corrected chi connectivity index (χ1v) is 5.93. The highest BCUT2D eigenvalue weighted by molar-refractivity contribution is 5.99. The number of anilines is 1. The van der Waals surface area contributed by atoms with Crippen molar-refractivity contribution >= 4 is 29.9 Å². The van der Waals surface area contributed by atoms with Crippen LogP contribution < -0.4 is 16.8 Å². The number of carbonyl (C=O) groups excluding carboxylic acids is 2. The summed E-state index contributed by atoms with van der Waals surface area (Å²) in [5, 5.41) is 2.70. The van der Waals surface area contributed by atoms with Crippen LogP contribution in [0.2, 0.25) is 0 Å². The van der Waals surface area contributed by atoms with Crippen LogP contribution in [0.1, 0.15) is 37.0 Å². The Morgan fingerprint density at radius 3 is 2.26 bits per heavy atom. The maximum absolute atomic E-state index is 12.1. The maximum atomic E-state index is 12.1. The highest BCUT2D eigenvalue weighted by atomic mass is 35.5. The Labute approximate surface area is 119 Å². The van der Waals surface area contributed by atoms with Gasteiger partial charge in [0, 0.05) is 11.3 Å². The fourth-order valence-electron chi connectivity index (χ4n) is 1.81. The van der Waals surface area contributed by atoms with E-state index in [1.165, 1.54) is 0 Å². The standard InChI is InChI=1S/C13H19N3O2.ClH/c1-3-13(4-2,12(15)18)16-11(17)9-6-5-7-10(14)8-9;/h5-8H,3-4,14H2,1-2H3,(H2,15,18)(H,16,17);1H. The molecule has 0 unspecified atom stereocenters. The van der Waals surface area contributed by atoms with E-state index < -0.39 is 11.4 Å². The highest BCUT2D eigenvalue weighted by Gasteiger charge is 2.34. The molecule has 0 saturated carbocycles. The summed E-state index contributed by atoms with van der Waals surface area (Å²) in [7, 11) is 0. The van der Waals surface area contributed by atoms with Crippen LogP contribution in [-0.2, 0) is 4.79 Å². The molecular formula is C13H20ClN3O2. The van der Waals surface area contributed by atoms with Gasteiger partial charge >= 0.3 is 0 Å². The number of primary amides is 1. The number of hydrogen-bond acceptors (Lipinski definition) is 3. The van der Waals surface area contributed by atoms with E-state index in [-0.39, 0.29) is 18.3 Å². The minimum atomic E-state index is -0.998. The van der Waals surface area contributed by atoms with Gasteiger partial charge in [0.05, 0.1) is 0 Å². The van der Waals surface area contributed by atoms with Crippen LogP contribution in [0, 0.1) is 0 Å². The molecule has 1 rings (SSSR count). The zero-order valence-electron chi connectivity index (χ0n) is 11.1. The van der Waals surface area contributed by atoms with Gasteiger partial charge in [-0.1, -0.05) is 19.9 Å². The zero-order valence-corrected chi connectivity index (χ0v) is 11.9. The molecule has 0 aliphatic heterocycles. The van der Waals surface area contributed by atoms with Gasteiger partial charge in [-0.25, -0.2) is 0 Å². The fourth-order valence-corrected chi connectivity index (χ4v) is 1.81. The summed E-state index contributed by atoms with van der Waals surface area (Å²) in [6.07, 6.45) is 0.903. The number of rotatable bonds is 5. The molecule has 5 N–H and O–H groups in total. The Morgan fingerprint density at radius 2 is 1.84 bits per heavy atom. The van der Waals surface area contributed by atoms with Gasteiger partial charge in [0.25, 0.3) is 5.91 Å². The lowest BCUT2D eigenvalue weighted by Gasteiger charge is -2.29. The van der Waals surface area contributed by atoms with Crippen LogP contribution in [0.5, 0.6) is 0 Å². The van der Waals surface area contributed by atoms with Crippen molar-refractivity contribution in [3.05, 3.63) is 29.8 Å². The minimum Gasteiger partial charge on any atom is -0.399 e. The van der Waals surface area contributed by atoms with Gasteiger partial charge in [0.15, 0.2) is 0 Å². The summed E-state index contributed by atoms with van der Waals surface area (Å²) in [6.45, 7) is 3.63. The first kappa shape index (κ1) is 17.2. The van der Waals surface area contributed by atoms with E-state index in [9.17, 15) is 9.59 Å². The van der Waals surface area contributed by atoms with Crippen LogP contribution >= 0.6 is 12.4 Å². The summed E-state index contributed by atoms with van der Waals surface area (Å²) < 4.78 is 0. The Hall–Kier alpha value is -1.75. The third-order valence-electron chi connectivity index (χ3n) is 3.18. The number of nitrogens with one attached hydrogen (secondary N) is 1. The van der Waals surface area contributed by atoms with Gasteiger partial charge in [-0.3, -0.25) is 9.59 Å². The van der Waals surface area contributed by atoms with E-state index in [4.69, 9.17) is 11.5 Å². The second-order valence-electron chi connectivity index (χ2n) is 4.23. The Morgan fingerprint density at radius 1 is 1.26 bits per heavy atom. The van der Waals surface area contributed by atoms with Gasteiger partial charge in [0.2, 0.25) is 5.91 Å². The molecule has 0 fully saturated rings. The molecule has 19 heavy (non-hydrogen) atoms. The predicted octanol–water partition coefficient (Wildman–Crippen LogP) is 1.46. The number of carbonyl (C=O) groups is 2. The summed E-state index contributed by atoms with van der Waals surface area (Å²) in [4.78, 5) is 23.6. The number of benzene rings is 1. The second kappa shape index (κ2) is 6.99.